The number of rotatable bonds is 3. The van der Waals surface area contributed by atoms with Crippen LogP contribution in [0.25, 0.3) is 0 Å². The Labute approximate surface area is 142 Å². The topological polar surface area (TPSA) is 110 Å². The van der Waals surface area contributed by atoms with Crippen LogP contribution in [-0.2, 0) is 14.3 Å². The van der Waals surface area contributed by atoms with E-state index in [0.717, 1.165) is 4.90 Å². The van der Waals surface area contributed by atoms with Gasteiger partial charge in [-0.1, -0.05) is 18.2 Å². The van der Waals surface area contributed by atoms with E-state index >= 15 is 0 Å². The maximum atomic E-state index is 13.0. The molecule has 2 fully saturated rings. The van der Waals surface area contributed by atoms with Crippen molar-refractivity contribution in [3.63, 3.8) is 0 Å². The number of ether oxygens (including phenoxy) is 1. The SMILES string of the molecule is Cc1ccc(N2C(=O)[C@@H]3[C@@H](C2=O)[C@]2(C)C=C[C@]3(CO)O2)cc1[N+](=O)[O-]. The van der Waals surface area contributed by atoms with E-state index in [1.807, 2.05) is 0 Å². The third kappa shape index (κ3) is 1.83. The van der Waals surface area contributed by atoms with Gasteiger partial charge in [-0.05, 0) is 19.9 Å². The molecule has 0 aliphatic carbocycles. The molecule has 0 radical (unpaired) electrons. The Morgan fingerprint density at radius 2 is 1.96 bits per heavy atom. The Kier molecular flexibility index (Phi) is 3.02. The number of anilines is 1. The molecule has 0 aromatic heterocycles. The van der Waals surface area contributed by atoms with Crippen molar-refractivity contribution in [3.8, 4) is 0 Å². The average Bonchev–Trinajstić information content (AvgIpc) is 3.14. The van der Waals surface area contributed by atoms with Crippen molar-refractivity contribution >= 4 is 23.2 Å². The molecule has 4 atom stereocenters. The summed E-state index contributed by atoms with van der Waals surface area (Å²) < 4.78 is 5.83. The Morgan fingerprint density at radius 3 is 2.60 bits per heavy atom. The molecule has 1 N–H and O–H groups in total. The first-order chi connectivity index (χ1) is 11.7. The van der Waals surface area contributed by atoms with Crippen LogP contribution in [0.15, 0.2) is 30.4 Å². The quantitative estimate of drug-likeness (QED) is 0.380. The molecule has 2 bridgehead atoms. The van der Waals surface area contributed by atoms with Gasteiger partial charge in [-0.25, -0.2) is 4.90 Å². The number of hydrogen-bond donors (Lipinski definition) is 1. The van der Waals surface area contributed by atoms with E-state index in [9.17, 15) is 24.8 Å². The molecular formula is C17H16N2O6. The number of nitrogens with zero attached hydrogens (tertiary/aromatic N) is 2. The average molecular weight is 344 g/mol. The number of hydrogen-bond acceptors (Lipinski definition) is 6. The Bertz CT molecular complexity index is 865. The molecule has 0 saturated carbocycles. The third-order valence-electron chi connectivity index (χ3n) is 5.45. The standard InChI is InChI=1S/C17H16N2O6/c1-9-3-4-10(7-11(9)19(23)24)18-14(21)12-13(15(18)22)17(8-20)6-5-16(12,2)25-17/h3-7,12-13,20H,8H2,1-2H3/t12-,13-,16-,17+/m0/s1. The van der Waals surface area contributed by atoms with Crippen molar-refractivity contribution in [3.05, 3.63) is 46.0 Å². The molecule has 4 rings (SSSR count). The van der Waals surface area contributed by atoms with E-state index in [2.05, 4.69) is 0 Å². The van der Waals surface area contributed by atoms with Gasteiger partial charge in [-0.15, -0.1) is 0 Å². The van der Waals surface area contributed by atoms with Crippen LogP contribution < -0.4 is 4.90 Å². The highest BCUT2D eigenvalue weighted by molar-refractivity contribution is 6.23. The van der Waals surface area contributed by atoms with E-state index in [0.29, 0.717) is 5.56 Å². The van der Waals surface area contributed by atoms with Gasteiger partial charge in [0.2, 0.25) is 11.8 Å². The van der Waals surface area contributed by atoms with Gasteiger partial charge in [-0.3, -0.25) is 19.7 Å². The second-order valence-corrected chi connectivity index (χ2v) is 6.93. The molecule has 0 spiro atoms. The summed E-state index contributed by atoms with van der Waals surface area (Å²) in [6, 6.07) is 4.26. The lowest BCUT2D eigenvalue weighted by atomic mass is 9.73. The predicted octanol–water partition coefficient (Wildman–Crippen LogP) is 1.10. The summed E-state index contributed by atoms with van der Waals surface area (Å²) in [7, 11) is 0. The van der Waals surface area contributed by atoms with Gasteiger partial charge >= 0.3 is 0 Å². The van der Waals surface area contributed by atoms with Crippen LogP contribution in [0.2, 0.25) is 0 Å². The van der Waals surface area contributed by atoms with E-state index in [-0.39, 0.29) is 11.4 Å². The number of benzene rings is 1. The summed E-state index contributed by atoms with van der Waals surface area (Å²) in [5.41, 5.74) is -1.73. The molecule has 3 aliphatic rings. The molecule has 25 heavy (non-hydrogen) atoms. The minimum absolute atomic E-state index is 0.157. The predicted molar refractivity (Wildman–Crippen MR) is 85.8 cm³/mol. The number of carbonyl (C=O) groups excluding carboxylic acids is 2. The van der Waals surface area contributed by atoms with Gasteiger partial charge in [-0.2, -0.15) is 0 Å². The summed E-state index contributed by atoms with van der Waals surface area (Å²) in [4.78, 5) is 37.5. The summed E-state index contributed by atoms with van der Waals surface area (Å²) >= 11 is 0. The van der Waals surface area contributed by atoms with Crippen molar-refractivity contribution < 1.29 is 24.4 Å². The minimum atomic E-state index is -1.21. The number of fused-ring (bicyclic) bond motifs is 5. The maximum absolute atomic E-state index is 13.0. The first-order valence-corrected chi connectivity index (χ1v) is 7.88. The largest absolute Gasteiger partial charge is 0.393 e. The third-order valence-corrected chi connectivity index (χ3v) is 5.45. The molecule has 8 nitrogen and oxygen atoms in total. The van der Waals surface area contributed by atoms with Crippen LogP contribution in [0.4, 0.5) is 11.4 Å². The van der Waals surface area contributed by atoms with Crippen molar-refractivity contribution in [2.45, 2.75) is 25.0 Å². The van der Waals surface area contributed by atoms with Crippen molar-refractivity contribution in [2.24, 2.45) is 11.8 Å². The van der Waals surface area contributed by atoms with Crippen molar-refractivity contribution in [1.29, 1.82) is 0 Å². The fourth-order valence-corrected chi connectivity index (χ4v) is 4.23. The van der Waals surface area contributed by atoms with Gasteiger partial charge in [0.05, 0.1) is 34.7 Å². The molecule has 130 valence electrons. The van der Waals surface area contributed by atoms with Gasteiger partial charge in [0.1, 0.15) is 5.60 Å². The fraction of sp³-hybridized carbons (Fsp3) is 0.412. The molecule has 0 unspecified atom stereocenters. The normalized spacial score (nSPS) is 35.6. The number of amides is 2. The van der Waals surface area contributed by atoms with Crippen LogP contribution in [-0.4, -0.2) is 39.7 Å². The number of carbonyl (C=O) groups is 2. The fourth-order valence-electron chi connectivity index (χ4n) is 4.23. The lowest BCUT2D eigenvalue weighted by molar-refractivity contribution is -0.385. The van der Waals surface area contributed by atoms with E-state index in [1.165, 1.54) is 18.2 Å². The van der Waals surface area contributed by atoms with Gasteiger partial charge < -0.3 is 9.84 Å². The summed E-state index contributed by atoms with van der Waals surface area (Å²) in [5.74, 6) is -2.55. The van der Waals surface area contributed by atoms with Crippen LogP contribution in [0.5, 0.6) is 0 Å². The Hall–Kier alpha value is -2.58. The lowest BCUT2D eigenvalue weighted by Gasteiger charge is -2.26. The Balaban J connectivity index is 1.81. The van der Waals surface area contributed by atoms with Crippen LogP contribution in [0.1, 0.15) is 12.5 Å². The monoisotopic (exact) mass is 344 g/mol. The highest BCUT2D eigenvalue weighted by atomic mass is 16.6. The van der Waals surface area contributed by atoms with Crippen molar-refractivity contribution in [1.82, 2.24) is 0 Å². The second kappa shape index (κ2) is 4.74. The van der Waals surface area contributed by atoms with Gasteiger partial charge in [0.25, 0.3) is 5.69 Å². The highest BCUT2D eigenvalue weighted by Gasteiger charge is 2.72. The Morgan fingerprint density at radius 1 is 1.28 bits per heavy atom. The number of nitro groups is 1. The number of aryl methyl sites for hydroxylation is 1. The molecule has 3 heterocycles. The second-order valence-electron chi connectivity index (χ2n) is 6.93. The van der Waals surface area contributed by atoms with E-state index in [1.54, 1.807) is 26.0 Å². The summed E-state index contributed by atoms with van der Waals surface area (Å²) in [6.07, 6.45) is 3.34. The zero-order valence-corrected chi connectivity index (χ0v) is 13.6. The molecule has 8 heteroatoms. The van der Waals surface area contributed by atoms with Crippen LogP contribution in [0, 0.1) is 28.9 Å². The molecule has 2 amide bonds. The minimum Gasteiger partial charge on any atom is -0.393 e. The maximum Gasteiger partial charge on any atom is 0.274 e. The lowest BCUT2D eigenvalue weighted by Crippen LogP contribution is -2.43. The van der Waals surface area contributed by atoms with Gasteiger partial charge in [0.15, 0.2) is 0 Å². The summed E-state index contributed by atoms with van der Waals surface area (Å²) in [6.45, 7) is 2.88. The van der Waals surface area contributed by atoms with Crippen LogP contribution >= 0.6 is 0 Å². The number of aliphatic hydroxyl groups excluding tert-OH is 1. The van der Waals surface area contributed by atoms with Crippen LogP contribution in [0.3, 0.4) is 0 Å². The first-order valence-electron chi connectivity index (χ1n) is 7.88. The zero-order valence-electron chi connectivity index (χ0n) is 13.6. The number of nitro benzene ring substituents is 1. The summed E-state index contributed by atoms with van der Waals surface area (Å²) in [5, 5.41) is 20.9. The van der Waals surface area contributed by atoms with E-state index < -0.39 is 46.4 Å². The molecule has 1 aromatic carbocycles. The first kappa shape index (κ1) is 15.9. The smallest absolute Gasteiger partial charge is 0.274 e. The zero-order chi connectivity index (χ0) is 18.1. The molecular weight excluding hydrogens is 328 g/mol. The molecule has 1 aromatic rings. The van der Waals surface area contributed by atoms with E-state index in [4.69, 9.17) is 4.74 Å². The number of aliphatic hydroxyl groups is 1. The highest BCUT2D eigenvalue weighted by Crippen LogP contribution is 2.57. The molecule has 2 saturated heterocycles. The van der Waals surface area contributed by atoms with Gasteiger partial charge in [0, 0.05) is 11.6 Å². The number of imide groups is 1. The van der Waals surface area contributed by atoms with Crippen molar-refractivity contribution in [2.75, 3.05) is 11.5 Å². The molecule has 3 aliphatic heterocycles.